The third-order valence-electron chi connectivity index (χ3n) is 3.23. The van der Waals surface area contributed by atoms with Crippen LogP contribution in [0.5, 0.6) is 0 Å². The largest absolute Gasteiger partial charge is 0.438 e. The van der Waals surface area contributed by atoms with Gasteiger partial charge in [-0.1, -0.05) is 6.07 Å². The van der Waals surface area contributed by atoms with Crippen LogP contribution in [0.1, 0.15) is 12.8 Å². The van der Waals surface area contributed by atoms with Gasteiger partial charge in [0.1, 0.15) is 0 Å². The SMILES string of the molecule is O=S(=O)(O)C(F)(F)C(F)(F)C(F)(F)C(F)(F)C(F)(F)CCC(F)(F)F.c1ccncc1. The Morgan fingerprint density at radius 1 is 0.645 bits per heavy atom. The van der Waals surface area contributed by atoms with Gasteiger partial charge in [0.05, 0.1) is 0 Å². The quantitative estimate of drug-likeness (QED) is 0.395. The minimum absolute atomic E-state index is 1.75. The van der Waals surface area contributed by atoms with E-state index in [-0.39, 0.29) is 0 Å². The van der Waals surface area contributed by atoms with Gasteiger partial charge in [0.15, 0.2) is 0 Å². The summed E-state index contributed by atoms with van der Waals surface area (Å²) in [5.41, 5.74) is 0. The second kappa shape index (κ2) is 8.95. The lowest BCUT2D eigenvalue weighted by Gasteiger charge is -2.38. The maximum atomic E-state index is 13.0. The number of rotatable bonds is 7. The molecule has 31 heavy (non-hydrogen) atoms. The summed E-state index contributed by atoms with van der Waals surface area (Å²) >= 11 is 0. The van der Waals surface area contributed by atoms with E-state index in [0.29, 0.717) is 0 Å². The number of nitrogens with zero attached hydrogens (tertiary/aromatic N) is 1. The fraction of sp³-hybridized carbons (Fsp3) is 0.615. The van der Waals surface area contributed by atoms with Gasteiger partial charge >= 0.3 is 45.2 Å². The van der Waals surface area contributed by atoms with Gasteiger partial charge in [0, 0.05) is 25.2 Å². The van der Waals surface area contributed by atoms with E-state index in [1.807, 2.05) is 18.2 Å². The van der Waals surface area contributed by atoms with Gasteiger partial charge in [-0.15, -0.1) is 0 Å². The summed E-state index contributed by atoms with van der Waals surface area (Å²) in [6.07, 6.45) is -8.21. The van der Waals surface area contributed by atoms with Crippen LogP contribution in [0.2, 0.25) is 0 Å². The molecule has 0 saturated heterocycles. The minimum atomic E-state index is -7.88. The van der Waals surface area contributed by atoms with Gasteiger partial charge in [-0.05, 0) is 12.1 Å². The first-order valence-corrected chi connectivity index (χ1v) is 8.67. The van der Waals surface area contributed by atoms with Crippen LogP contribution in [0.4, 0.5) is 57.1 Å². The average Bonchev–Trinajstić information content (AvgIpc) is 2.60. The summed E-state index contributed by atoms with van der Waals surface area (Å²) in [4.78, 5) is 3.78. The maximum Gasteiger partial charge on any atom is 0.438 e. The zero-order chi connectivity index (χ0) is 25.2. The molecule has 1 N–H and O–H groups in total. The van der Waals surface area contributed by atoms with Crippen molar-refractivity contribution in [2.45, 2.75) is 48.0 Å². The molecule has 0 atom stereocenters. The standard InChI is InChI=1S/C8H5F13O3S.C5H5N/c9-3(10,1-2-4(11,12)13)5(14,15)6(16,17)7(18,19)8(20,21)25(22,23)24;1-2-4-6-5-3-1/h1-2H2,(H,22,23,24);1-5H. The van der Waals surface area contributed by atoms with Crippen molar-refractivity contribution in [3.05, 3.63) is 30.6 Å². The van der Waals surface area contributed by atoms with Crippen molar-refractivity contribution < 1.29 is 70.0 Å². The number of pyridine rings is 1. The van der Waals surface area contributed by atoms with Crippen LogP contribution in [-0.4, -0.2) is 53.1 Å². The molecule has 0 aliphatic carbocycles. The second-order valence-electron chi connectivity index (χ2n) is 5.56. The molecule has 0 amide bonds. The molecule has 0 spiro atoms. The molecule has 0 aliphatic heterocycles. The zero-order valence-electron chi connectivity index (χ0n) is 14.3. The summed E-state index contributed by atoms with van der Waals surface area (Å²) in [7, 11) is -7.51. The van der Waals surface area contributed by atoms with Gasteiger partial charge in [-0.25, -0.2) is 0 Å². The van der Waals surface area contributed by atoms with E-state index in [9.17, 15) is 65.5 Å². The van der Waals surface area contributed by atoms with Gasteiger partial charge in [-0.3, -0.25) is 9.54 Å². The van der Waals surface area contributed by atoms with Crippen molar-refractivity contribution in [1.29, 1.82) is 0 Å². The van der Waals surface area contributed by atoms with E-state index in [1.54, 1.807) is 12.4 Å². The topological polar surface area (TPSA) is 67.3 Å². The molecule has 0 unspecified atom stereocenters. The van der Waals surface area contributed by atoms with Crippen LogP contribution in [0.25, 0.3) is 0 Å². The Morgan fingerprint density at radius 2 is 1.06 bits per heavy atom. The molecule has 18 heteroatoms. The Morgan fingerprint density at radius 3 is 1.32 bits per heavy atom. The van der Waals surface area contributed by atoms with Crippen molar-refractivity contribution in [2.75, 3.05) is 0 Å². The fourth-order valence-electron chi connectivity index (χ4n) is 1.54. The number of hydrogen-bond donors (Lipinski definition) is 1. The van der Waals surface area contributed by atoms with E-state index in [0.717, 1.165) is 0 Å². The first kappa shape index (κ1) is 29.1. The molecule has 1 rings (SSSR count). The predicted molar refractivity (Wildman–Crippen MR) is 75.8 cm³/mol. The lowest BCUT2D eigenvalue weighted by Crippen LogP contribution is -2.68. The Bertz CT molecular complexity index is 783. The molecule has 0 saturated carbocycles. The lowest BCUT2D eigenvalue weighted by molar-refractivity contribution is -0.391. The van der Waals surface area contributed by atoms with Crippen LogP contribution in [0.3, 0.4) is 0 Å². The third-order valence-corrected chi connectivity index (χ3v) is 4.13. The fourth-order valence-corrected chi connectivity index (χ4v) is 1.99. The molecule has 1 heterocycles. The molecule has 0 aromatic carbocycles. The monoisotopic (exact) mass is 507 g/mol. The summed E-state index contributed by atoms with van der Waals surface area (Å²) in [5.74, 6) is -29.9. The molecule has 182 valence electrons. The van der Waals surface area contributed by atoms with Crippen molar-refractivity contribution >= 4 is 10.1 Å². The summed E-state index contributed by atoms with van der Waals surface area (Å²) in [5, 5.41) is -7.37. The van der Waals surface area contributed by atoms with E-state index >= 15 is 0 Å². The zero-order valence-corrected chi connectivity index (χ0v) is 15.2. The van der Waals surface area contributed by atoms with E-state index < -0.39 is 58.1 Å². The number of hydrogen-bond acceptors (Lipinski definition) is 3. The predicted octanol–water partition coefficient (Wildman–Crippen LogP) is 5.43. The average molecular weight is 507 g/mol. The Hall–Kier alpha value is -1.85. The Kier molecular flexibility index (Phi) is 8.42. The van der Waals surface area contributed by atoms with Gasteiger partial charge in [0.25, 0.3) is 0 Å². The van der Waals surface area contributed by atoms with Gasteiger partial charge in [0.2, 0.25) is 0 Å². The highest BCUT2D eigenvalue weighted by Gasteiger charge is 2.88. The lowest BCUT2D eigenvalue weighted by atomic mass is 9.95. The first-order chi connectivity index (χ1) is 13.5. The minimum Gasteiger partial charge on any atom is -0.281 e. The Balaban J connectivity index is 0.00000127. The highest BCUT2D eigenvalue weighted by Crippen LogP contribution is 2.59. The third kappa shape index (κ3) is 6.11. The van der Waals surface area contributed by atoms with Crippen LogP contribution in [-0.2, 0) is 10.1 Å². The Labute approximate surface area is 164 Å². The molecule has 1 aromatic heterocycles. The molecule has 0 bridgehead atoms. The number of alkyl halides is 13. The normalized spacial score (nSPS) is 14.6. The summed E-state index contributed by atoms with van der Waals surface area (Å²) < 4.78 is 192. The van der Waals surface area contributed by atoms with Crippen molar-refractivity contribution in [1.82, 2.24) is 4.98 Å². The van der Waals surface area contributed by atoms with Crippen molar-refractivity contribution in [3.8, 4) is 0 Å². The van der Waals surface area contributed by atoms with E-state index in [2.05, 4.69) is 4.98 Å². The van der Waals surface area contributed by atoms with Crippen LogP contribution in [0.15, 0.2) is 30.6 Å². The number of halogens is 13. The molecule has 1 aromatic rings. The molecule has 0 aliphatic rings. The van der Waals surface area contributed by atoms with Crippen LogP contribution >= 0.6 is 0 Å². The highest BCUT2D eigenvalue weighted by molar-refractivity contribution is 7.87. The second-order valence-corrected chi connectivity index (χ2v) is 7.02. The number of aromatic nitrogens is 1. The molecular weight excluding hydrogens is 497 g/mol. The maximum absolute atomic E-state index is 13.0. The molecule has 4 nitrogen and oxygen atoms in total. The van der Waals surface area contributed by atoms with E-state index in [1.165, 1.54) is 0 Å². The van der Waals surface area contributed by atoms with E-state index in [4.69, 9.17) is 4.55 Å². The molecule has 0 radical (unpaired) electrons. The first-order valence-electron chi connectivity index (χ1n) is 7.23. The molecular formula is C13H10F13NO3S. The summed E-state index contributed by atoms with van der Waals surface area (Å²) in [6.45, 7) is 0. The van der Waals surface area contributed by atoms with Crippen molar-refractivity contribution in [2.24, 2.45) is 0 Å². The smallest absolute Gasteiger partial charge is 0.281 e. The van der Waals surface area contributed by atoms with Crippen LogP contribution < -0.4 is 0 Å². The molecule has 0 fully saturated rings. The highest BCUT2D eigenvalue weighted by atomic mass is 32.2. The van der Waals surface area contributed by atoms with Crippen LogP contribution in [0, 0.1) is 0 Å². The van der Waals surface area contributed by atoms with Gasteiger partial charge < -0.3 is 0 Å². The van der Waals surface area contributed by atoms with Crippen molar-refractivity contribution in [3.63, 3.8) is 0 Å². The van der Waals surface area contributed by atoms with Gasteiger partial charge in [-0.2, -0.15) is 65.5 Å². The summed E-state index contributed by atoms with van der Waals surface area (Å²) in [6, 6.07) is 5.72.